The number of rotatable bonds is 5. The standard InChI is InChI=1S/C32H39N3O4/c36-26-9-8-23-16-29-32(39)19-24(17-30(38)34-14-12-33(13-15-34)25-4-2-1-3-5-25)28(37)20-31(32,27(23)18-26)10-11-35(29)21-22-6-7-22/h1-5,8-9,18,22,24,29,36,39H,6-7,10-17,19-21H2/t24-,29+,31+,32+/m0/s1. The van der Waals surface area contributed by atoms with Crippen molar-refractivity contribution in [1.29, 1.82) is 0 Å². The lowest BCUT2D eigenvalue weighted by Crippen LogP contribution is -2.74. The number of hydrogen-bond donors (Lipinski definition) is 2. The smallest absolute Gasteiger partial charge is 0.223 e. The first kappa shape index (κ1) is 25.1. The van der Waals surface area contributed by atoms with Crippen LogP contribution in [0.15, 0.2) is 48.5 Å². The van der Waals surface area contributed by atoms with Crippen LogP contribution in [0.4, 0.5) is 5.69 Å². The average molecular weight is 530 g/mol. The van der Waals surface area contributed by atoms with E-state index < -0.39 is 16.9 Å². The molecule has 2 heterocycles. The fourth-order valence-corrected chi connectivity index (χ4v) is 8.22. The third-order valence-electron chi connectivity index (χ3n) is 10.5. The molecule has 1 amide bonds. The molecule has 2 N–H and O–H groups in total. The maximum absolute atomic E-state index is 13.7. The largest absolute Gasteiger partial charge is 0.508 e. The van der Waals surface area contributed by atoms with Crippen LogP contribution in [0.1, 0.15) is 49.7 Å². The molecule has 39 heavy (non-hydrogen) atoms. The monoisotopic (exact) mass is 529 g/mol. The van der Waals surface area contributed by atoms with Crippen molar-refractivity contribution in [3.63, 3.8) is 0 Å². The molecule has 0 aromatic heterocycles. The second-order valence-corrected chi connectivity index (χ2v) is 12.7. The van der Waals surface area contributed by atoms with Gasteiger partial charge in [-0.15, -0.1) is 0 Å². The number of hydrogen-bond acceptors (Lipinski definition) is 6. The number of carbonyl (C=O) groups excluding carboxylic acids is 2. The van der Waals surface area contributed by atoms with Gasteiger partial charge in [0.2, 0.25) is 5.91 Å². The second-order valence-electron chi connectivity index (χ2n) is 12.7. The van der Waals surface area contributed by atoms with Crippen molar-refractivity contribution in [2.24, 2.45) is 11.8 Å². The number of amides is 1. The third kappa shape index (κ3) is 4.16. The highest BCUT2D eigenvalue weighted by Gasteiger charge is 2.66. The molecule has 4 fully saturated rings. The molecule has 7 rings (SSSR count). The van der Waals surface area contributed by atoms with Gasteiger partial charge in [0.15, 0.2) is 0 Å². The van der Waals surface area contributed by atoms with E-state index in [1.165, 1.54) is 18.5 Å². The normalized spacial score (nSPS) is 32.5. The van der Waals surface area contributed by atoms with E-state index in [1.54, 1.807) is 12.1 Å². The van der Waals surface area contributed by atoms with Crippen molar-refractivity contribution in [2.75, 3.05) is 44.2 Å². The number of carbonyl (C=O) groups is 2. The first-order valence-corrected chi connectivity index (χ1v) is 14.8. The van der Waals surface area contributed by atoms with Crippen LogP contribution >= 0.6 is 0 Å². The number of anilines is 1. The Morgan fingerprint density at radius 2 is 1.77 bits per heavy atom. The lowest BCUT2D eigenvalue weighted by Gasteiger charge is -2.64. The van der Waals surface area contributed by atoms with E-state index in [2.05, 4.69) is 21.9 Å². The molecule has 2 saturated carbocycles. The number of Topliss-reactive ketones (excluding diaryl/α,β-unsaturated/α-hetero) is 1. The molecular formula is C32H39N3O4. The van der Waals surface area contributed by atoms with Gasteiger partial charge in [-0.3, -0.25) is 14.5 Å². The Morgan fingerprint density at radius 3 is 2.51 bits per heavy atom. The van der Waals surface area contributed by atoms with Gasteiger partial charge in [0, 0.05) is 68.6 Å². The molecule has 0 radical (unpaired) electrons. The first-order chi connectivity index (χ1) is 18.9. The summed E-state index contributed by atoms with van der Waals surface area (Å²) in [4.78, 5) is 33.9. The number of fused-ring (bicyclic) bond motifs is 1. The molecule has 7 heteroatoms. The average Bonchev–Trinajstić information content (AvgIpc) is 3.76. The summed E-state index contributed by atoms with van der Waals surface area (Å²) in [5.41, 5.74) is 1.47. The summed E-state index contributed by atoms with van der Waals surface area (Å²) in [7, 11) is 0. The van der Waals surface area contributed by atoms with Crippen LogP contribution in [0, 0.1) is 11.8 Å². The number of phenolic OH excluding ortho intramolecular Hbond substituents is 1. The van der Waals surface area contributed by atoms with Gasteiger partial charge in [0.1, 0.15) is 11.5 Å². The molecule has 7 nitrogen and oxygen atoms in total. The zero-order chi connectivity index (χ0) is 26.8. The molecule has 2 bridgehead atoms. The van der Waals surface area contributed by atoms with Crippen molar-refractivity contribution >= 4 is 17.4 Å². The molecule has 2 aromatic rings. The quantitative estimate of drug-likeness (QED) is 0.619. The zero-order valence-corrected chi connectivity index (χ0v) is 22.6. The SMILES string of the molecule is O=C1C[C@]23CCN(CC4CC4)[C@H](Cc4ccc(O)cc42)[C@]3(O)C[C@@H]1CC(=O)N1CCN(c2ccccc2)CC1. The van der Waals surface area contributed by atoms with Gasteiger partial charge in [-0.2, -0.15) is 0 Å². The van der Waals surface area contributed by atoms with Crippen molar-refractivity contribution < 1.29 is 19.8 Å². The zero-order valence-electron chi connectivity index (χ0n) is 22.6. The molecular weight excluding hydrogens is 490 g/mol. The van der Waals surface area contributed by atoms with Crippen LogP contribution in [0.3, 0.4) is 0 Å². The topological polar surface area (TPSA) is 84.3 Å². The van der Waals surface area contributed by atoms with Crippen molar-refractivity contribution in [3.05, 3.63) is 59.7 Å². The lowest BCUT2D eigenvalue weighted by molar-refractivity contribution is -0.183. The summed E-state index contributed by atoms with van der Waals surface area (Å²) in [5.74, 6) is 0.532. The number of piperazine rings is 1. The highest BCUT2D eigenvalue weighted by atomic mass is 16.3. The lowest BCUT2D eigenvalue weighted by atomic mass is 9.47. The number of para-hydroxylation sites is 1. The van der Waals surface area contributed by atoms with Gasteiger partial charge in [-0.1, -0.05) is 24.3 Å². The Labute approximate surface area is 230 Å². The number of ketones is 1. The third-order valence-corrected chi connectivity index (χ3v) is 10.5. The number of benzene rings is 2. The van der Waals surface area contributed by atoms with Crippen molar-refractivity contribution in [3.8, 4) is 5.75 Å². The van der Waals surface area contributed by atoms with E-state index in [9.17, 15) is 19.8 Å². The van der Waals surface area contributed by atoms with E-state index in [0.717, 1.165) is 43.7 Å². The fraction of sp³-hybridized carbons (Fsp3) is 0.562. The van der Waals surface area contributed by atoms with Gasteiger partial charge < -0.3 is 20.0 Å². The number of phenols is 1. The Morgan fingerprint density at radius 1 is 1.00 bits per heavy atom. The minimum absolute atomic E-state index is 0.0226. The Kier molecular flexibility index (Phi) is 6.01. The van der Waals surface area contributed by atoms with Crippen molar-refractivity contribution in [2.45, 2.75) is 62.0 Å². The predicted molar refractivity (Wildman–Crippen MR) is 149 cm³/mol. The summed E-state index contributed by atoms with van der Waals surface area (Å²) in [6.45, 7) is 4.71. The molecule has 2 aliphatic heterocycles. The molecule has 2 aromatic carbocycles. The van der Waals surface area contributed by atoms with Crippen LogP contribution < -0.4 is 4.90 Å². The summed E-state index contributed by atoms with van der Waals surface area (Å²) < 4.78 is 0. The number of piperidine rings is 1. The predicted octanol–water partition coefficient (Wildman–Crippen LogP) is 3.12. The first-order valence-electron chi connectivity index (χ1n) is 14.8. The van der Waals surface area contributed by atoms with Crippen LogP contribution in [0.5, 0.6) is 5.75 Å². The highest BCUT2D eigenvalue weighted by Crippen LogP contribution is 2.59. The maximum atomic E-state index is 13.7. The molecule has 3 aliphatic carbocycles. The Bertz CT molecular complexity index is 1270. The number of aliphatic hydroxyl groups is 1. The summed E-state index contributed by atoms with van der Waals surface area (Å²) in [6.07, 6.45) is 4.67. The molecule has 2 saturated heterocycles. The molecule has 0 unspecified atom stereocenters. The van der Waals surface area contributed by atoms with Crippen LogP contribution in [0.2, 0.25) is 0 Å². The fourth-order valence-electron chi connectivity index (χ4n) is 8.22. The van der Waals surface area contributed by atoms with E-state index in [1.807, 2.05) is 29.2 Å². The van der Waals surface area contributed by atoms with Gasteiger partial charge in [-0.05, 0) is 80.0 Å². The molecule has 5 aliphatic rings. The Balaban J connectivity index is 1.11. The second kappa shape index (κ2) is 9.34. The van der Waals surface area contributed by atoms with E-state index >= 15 is 0 Å². The van der Waals surface area contributed by atoms with Gasteiger partial charge >= 0.3 is 0 Å². The minimum Gasteiger partial charge on any atom is -0.508 e. The van der Waals surface area contributed by atoms with Gasteiger partial charge in [0.05, 0.1) is 5.60 Å². The highest BCUT2D eigenvalue weighted by molar-refractivity contribution is 5.89. The van der Waals surface area contributed by atoms with Crippen LogP contribution in [-0.4, -0.2) is 82.6 Å². The number of likely N-dealkylation sites (tertiary alicyclic amines) is 1. The van der Waals surface area contributed by atoms with Gasteiger partial charge in [-0.25, -0.2) is 0 Å². The van der Waals surface area contributed by atoms with Gasteiger partial charge in [0.25, 0.3) is 0 Å². The summed E-state index contributed by atoms with van der Waals surface area (Å²) in [5, 5.41) is 23.0. The summed E-state index contributed by atoms with van der Waals surface area (Å²) >= 11 is 0. The van der Waals surface area contributed by atoms with Crippen LogP contribution in [0.25, 0.3) is 0 Å². The van der Waals surface area contributed by atoms with E-state index in [4.69, 9.17) is 0 Å². The maximum Gasteiger partial charge on any atom is 0.223 e. The van der Waals surface area contributed by atoms with Crippen LogP contribution in [-0.2, 0) is 21.4 Å². The minimum atomic E-state index is -1.09. The van der Waals surface area contributed by atoms with E-state index in [0.29, 0.717) is 31.8 Å². The Hall–Kier alpha value is -2.90. The number of nitrogens with zero attached hydrogens (tertiary/aromatic N) is 3. The summed E-state index contributed by atoms with van der Waals surface area (Å²) in [6, 6.07) is 15.7. The number of aromatic hydroxyl groups is 1. The molecule has 0 spiro atoms. The van der Waals surface area contributed by atoms with Crippen molar-refractivity contribution in [1.82, 2.24) is 9.80 Å². The molecule has 4 atom stereocenters. The van der Waals surface area contributed by atoms with E-state index in [-0.39, 0.29) is 36.3 Å². The molecule has 206 valence electrons.